The van der Waals surface area contributed by atoms with Crippen LogP contribution in [0.25, 0.3) is 11.4 Å². The maximum Gasteiger partial charge on any atom is 0.191 e. The van der Waals surface area contributed by atoms with Gasteiger partial charge in [-0.2, -0.15) is 0 Å². The van der Waals surface area contributed by atoms with E-state index in [1.165, 1.54) is 38.5 Å². The Balaban J connectivity index is 1.94. The van der Waals surface area contributed by atoms with Gasteiger partial charge in [0.1, 0.15) is 5.75 Å². The van der Waals surface area contributed by atoms with Crippen LogP contribution in [0.15, 0.2) is 29.4 Å². The van der Waals surface area contributed by atoms with Crippen molar-refractivity contribution in [2.24, 2.45) is 0 Å². The fraction of sp³-hybridized carbons (Fsp3) is 0.579. The molecule has 0 aliphatic heterocycles. The number of phenols is 1. The summed E-state index contributed by atoms with van der Waals surface area (Å²) in [6.07, 6.45) is 8.95. The van der Waals surface area contributed by atoms with Crippen LogP contribution in [0.5, 0.6) is 5.75 Å². The fourth-order valence-corrected chi connectivity index (χ4v) is 3.65. The van der Waals surface area contributed by atoms with Crippen LogP contribution in [0.1, 0.15) is 58.8 Å². The standard InChI is InChI=1S/C19H29N3OS/c1-3-5-6-7-8-9-15-24-19-21-20-18(22(19)14-4-2)16-10-12-17(23)13-11-16/h10-13,23H,3-9,14-15H2,1-2H3. The van der Waals surface area contributed by atoms with Gasteiger partial charge in [-0.05, 0) is 37.1 Å². The third kappa shape index (κ3) is 5.55. The van der Waals surface area contributed by atoms with Gasteiger partial charge in [0.25, 0.3) is 0 Å². The third-order valence-electron chi connectivity index (χ3n) is 4.02. The summed E-state index contributed by atoms with van der Waals surface area (Å²) in [5, 5.41) is 19.2. The van der Waals surface area contributed by atoms with E-state index in [1.807, 2.05) is 23.9 Å². The number of rotatable bonds is 11. The fourth-order valence-electron chi connectivity index (χ4n) is 2.69. The van der Waals surface area contributed by atoms with Gasteiger partial charge in [-0.1, -0.05) is 57.7 Å². The molecule has 0 atom stereocenters. The topological polar surface area (TPSA) is 50.9 Å². The van der Waals surface area contributed by atoms with Crippen molar-refractivity contribution in [3.8, 4) is 17.1 Å². The number of phenolic OH excluding ortho intramolecular Hbond substituents is 1. The summed E-state index contributed by atoms with van der Waals surface area (Å²) in [7, 11) is 0. The molecule has 132 valence electrons. The van der Waals surface area contributed by atoms with Gasteiger partial charge in [-0.3, -0.25) is 0 Å². The predicted molar refractivity (Wildman–Crippen MR) is 102 cm³/mol. The van der Waals surface area contributed by atoms with Crippen molar-refractivity contribution in [3.05, 3.63) is 24.3 Å². The quantitative estimate of drug-likeness (QED) is 0.430. The van der Waals surface area contributed by atoms with Crippen LogP contribution in [0.4, 0.5) is 0 Å². The number of hydrogen-bond acceptors (Lipinski definition) is 4. The molecular formula is C19H29N3OS. The Bertz CT molecular complexity index is 595. The minimum absolute atomic E-state index is 0.276. The molecule has 4 nitrogen and oxygen atoms in total. The molecule has 0 unspecified atom stereocenters. The van der Waals surface area contributed by atoms with Crippen LogP contribution >= 0.6 is 11.8 Å². The molecule has 0 aliphatic carbocycles. The van der Waals surface area contributed by atoms with E-state index < -0.39 is 0 Å². The van der Waals surface area contributed by atoms with E-state index in [1.54, 1.807) is 12.1 Å². The van der Waals surface area contributed by atoms with E-state index >= 15 is 0 Å². The Morgan fingerprint density at radius 2 is 1.62 bits per heavy atom. The van der Waals surface area contributed by atoms with E-state index in [9.17, 15) is 5.11 Å². The number of thioether (sulfide) groups is 1. The minimum atomic E-state index is 0.276. The largest absolute Gasteiger partial charge is 0.508 e. The molecule has 0 saturated carbocycles. The molecule has 0 spiro atoms. The van der Waals surface area contributed by atoms with Crippen LogP contribution in [0.3, 0.4) is 0 Å². The Morgan fingerprint density at radius 1 is 0.917 bits per heavy atom. The first-order chi connectivity index (χ1) is 11.8. The smallest absolute Gasteiger partial charge is 0.191 e. The highest BCUT2D eigenvalue weighted by Gasteiger charge is 2.13. The van der Waals surface area contributed by atoms with Gasteiger partial charge in [0.15, 0.2) is 11.0 Å². The molecule has 1 heterocycles. The molecule has 1 N–H and O–H groups in total. The Labute approximate surface area is 149 Å². The zero-order chi connectivity index (χ0) is 17.2. The molecule has 1 aromatic heterocycles. The zero-order valence-corrected chi connectivity index (χ0v) is 15.7. The van der Waals surface area contributed by atoms with Gasteiger partial charge in [0.05, 0.1) is 0 Å². The summed E-state index contributed by atoms with van der Waals surface area (Å²) >= 11 is 1.81. The Morgan fingerprint density at radius 3 is 2.33 bits per heavy atom. The monoisotopic (exact) mass is 347 g/mol. The molecule has 0 saturated heterocycles. The summed E-state index contributed by atoms with van der Waals surface area (Å²) in [6, 6.07) is 7.19. The van der Waals surface area contributed by atoms with Gasteiger partial charge < -0.3 is 9.67 Å². The second-order valence-electron chi connectivity index (χ2n) is 6.12. The maximum atomic E-state index is 9.46. The highest BCUT2D eigenvalue weighted by Crippen LogP contribution is 2.26. The second-order valence-corrected chi connectivity index (χ2v) is 7.18. The van der Waals surface area contributed by atoms with Gasteiger partial charge in [-0.25, -0.2) is 0 Å². The van der Waals surface area contributed by atoms with E-state index in [0.717, 1.165) is 35.3 Å². The average molecular weight is 348 g/mol. The average Bonchev–Trinajstić information content (AvgIpc) is 2.98. The summed E-state index contributed by atoms with van der Waals surface area (Å²) in [5.41, 5.74) is 1.00. The number of aromatic nitrogens is 3. The second kappa shape index (κ2) is 10.4. The molecule has 0 aliphatic rings. The third-order valence-corrected chi connectivity index (χ3v) is 5.07. The lowest BCUT2D eigenvalue weighted by molar-refractivity contribution is 0.475. The van der Waals surface area contributed by atoms with E-state index in [2.05, 4.69) is 28.6 Å². The highest BCUT2D eigenvalue weighted by molar-refractivity contribution is 7.99. The maximum absolute atomic E-state index is 9.46. The van der Waals surface area contributed by atoms with E-state index in [4.69, 9.17) is 0 Å². The lowest BCUT2D eigenvalue weighted by atomic mass is 10.1. The van der Waals surface area contributed by atoms with Gasteiger partial charge in [0, 0.05) is 17.9 Å². The van der Waals surface area contributed by atoms with Crippen molar-refractivity contribution in [2.45, 2.75) is 70.5 Å². The minimum Gasteiger partial charge on any atom is -0.508 e. The first kappa shape index (κ1) is 18.8. The van der Waals surface area contributed by atoms with Gasteiger partial charge in [-0.15, -0.1) is 10.2 Å². The lowest BCUT2D eigenvalue weighted by Gasteiger charge is -2.09. The first-order valence-electron chi connectivity index (χ1n) is 9.11. The van der Waals surface area contributed by atoms with Crippen molar-refractivity contribution in [3.63, 3.8) is 0 Å². The number of unbranched alkanes of at least 4 members (excludes halogenated alkanes) is 5. The van der Waals surface area contributed by atoms with Crippen LogP contribution < -0.4 is 0 Å². The first-order valence-corrected chi connectivity index (χ1v) is 10.1. The van der Waals surface area contributed by atoms with Crippen LogP contribution in [-0.2, 0) is 6.54 Å². The van der Waals surface area contributed by atoms with Crippen LogP contribution in [0, 0.1) is 0 Å². The van der Waals surface area contributed by atoms with Gasteiger partial charge in [0.2, 0.25) is 0 Å². The van der Waals surface area contributed by atoms with E-state index in [-0.39, 0.29) is 5.75 Å². The van der Waals surface area contributed by atoms with Crippen molar-refractivity contribution in [1.29, 1.82) is 0 Å². The molecule has 2 rings (SSSR count). The summed E-state index contributed by atoms with van der Waals surface area (Å²) < 4.78 is 2.20. The van der Waals surface area contributed by atoms with Crippen molar-refractivity contribution >= 4 is 11.8 Å². The SMILES string of the molecule is CCCCCCCCSc1nnc(-c2ccc(O)cc2)n1CCC. The number of hydrogen-bond donors (Lipinski definition) is 1. The molecule has 5 heteroatoms. The zero-order valence-electron chi connectivity index (χ0n) is 14.9. The molecule has 0 amide bonds. The Kier molecular flexibility index (Phi) is 8.16. The Hall–Kier alpha value is -1.49. The number of benzene rings is 1. The normalized spacial score (nSPS) is 11.1. The number of nitrogens with zero attached hydrogens (tertiary/aromatic N) is 3. The molecule has 0 fully saturated rings. The van der Waals surface area contributed by atoms with Gasteiger partial charge >= 0.3 is 0 Å². The van der Waals surface area contributed by atoms with Crippen molar-refractivity contribution < 1.29 is 5.11 Å². The van der Waals surface area contributed by atoms with E-state index in [0.29, 0.717) is 0 Å². The lowest BCUT2D eigenvalue weighted by Crippen LogP contribution is -2.02. The summed E-state index contributed by atoms with van der Waals surface area (Å²) in [5.74, 6) is 2.27. The molecule has 0 radical (unpaired) electrons. The summed E-state index contributed by atoms with van der Waals surface area (Å²) in [4.78, 5) is 0. The summed E-state index contributed by atoms with van der Waals surface area (Å²) in [6.45, 7) is 5.34. The van der Waals surface area contributed by atoms with Crippen LogP contribution in [0.2, 0.25) is 0 Å². The predicted octanol–water partition coefficient (Wildman–Crippen LogP) is 5.51. The van der Waals surface area contributed by atoms with Crippen LogP contribution in [-0.4, -0.2) is 25.6 Å². The molecule has 0 bridgehead atoms. The highest BCUT2D eigenvalue weighted by atomic mass is 32.2. The molecular weight excluding hydrogens is 318 g/mol. The van der Waals surface area contributed by atoms with Crippen molar-refractivity contribution in [2.75, 3.05) is 5.75 Å². The number of aromatic hydroxyl groups is 1. The van der Waals surface area contributed by atoms with Crippen molar-refractivity contribution in [1.82, 2.24) is 14.8 Å². The molecule has 1 aromatic carbocycles. The molecule has 2 aromatic rings. The molecule has 24 heavy (non-hydrogen) atoms.